The van der Waals surface area contributed by atoms with Gasteiger partial charge in [0.25, 0.3) is 0 Å². The van der Waals surface area contributed by atoms with Crippen LogP contribution in [0.1, 0.15) is 28.4 Å². The maximum absolute atomic E-state index is 11.5. The lowest BCUT2D eigenvalue weighted by atomic mass is 9.93. The van der Waals surface area contributed by atoms with Crippen molar-refractivity contribution in [1.82, 2.24) is 10.3 Å². The number of rotatable bonds is 2. The number of aryl methyl sites for hydroxylation is 2. The molecule has 2 rings (SSSR count). The molecule has 1 aromatic heterocycles. The monoisotopic (exact) mass is 274 g/mol. The van der Waals surface area contributed by atoms with Crippen molar-refractivity contribution in [3.63, 3.8) is 0 Å². The average molecular weight is 274 g/mol. The smallest absolute Gasteiger partial charge is 0.150 e. The van der Waals surface area contributed by atoms with Crippen LogP contribution in [0.5, 0.6) is 0 Å². The molecule has 0 aliphatic carbocycles. The molecule has 1 fully saturated rings. The number of nitrogens with zero attached hydrogens (tertiary/aromatic N) is 1. The predicted octanol–water partition coefficient (Wildman–Crippen LogP) is 1.38. The van der Waals surface area contributed by atoms with E-state index < -0.39 is 9.84 Å². The van der Waals surface area contributed by atoms with Gasteiger partial charge in [-0.25, -0.2) is 13.4 Å². The van der Waals surface area contributed by atoms with E-state index in [4.69, 9.17) is 0 Å². The second-order valence-corrected chi connectivity index (χ2v) is 8.15. The van der Waals surface area contributed by atoms with E-state index in [9.17, 15) is 8.42 Å². The standard InChI is InChI=1S/C11H18N2O2S2/c1-8-9(2)16-10(13-8)11(12-3)4-6-17(14,15)7-5-11/h12H,4-7H2,1-3H3. The first-order chi connectivity index (χ1) is 7.88. The summed E-state index contributed by atoms with van der Waals surface area (Å²) in [5.74, 6) is 0.511. The molecule has 1 aromatic rings. The minimum absolute atomic E-state index is 0.241. The van der Waals surface area contributed by atoms with Gasteiger partial charge in [0.2, 0.25) is 0 Å². The molecule has 1 aliphatic heterocycles. The van der Waals surface area contributed by atoms with E-state index in [0.717, 1.165) is 10.7 Å². The Bertz CT molecular complexity index is 486. The number of aromatic nitrogens is 1. The Hall–Kier alpha value is -0.460. The highest BCUT2D eigenvalue weighted by Gasteiger charge is 2.39. The summed E-state index contributed by atoms with van der Waals surface area (Å²) >= 11 is 1.68. The fraction of sp³-hybridized carbons (Fsp3) is 0.727. The molecule has 0 saturated carbocycles. The van der Waals surface area contributed by atoms with Gasteiger partial charge in [-0.3, -0.25) is 0 Å². The van der Waals surface area contributed by atoms with Crippen LogP contribution in [0.15, 0.2) is 0 Å². The highest BCUT2D eigenvalue weighted by Crippen LogP contribution is 2.36. The minimum atomic E-state index is -2.84. The molecule has 6 heteroatoms. The van der Waals surface area contributed by atoms with E-state index in [1.54, 1.807) is 11.3 Å². The first-order valence-corrected chi connectivity index (χ1v) is 8.36. The second-order valence-electron chi connectivity index (χ2n) is 4.64. The molecule has 2 heterocycles. The van der Waals surface area contributed by atoms with E-state index in [1.807, 2.05) is 14.0 Å². The van der Waals surface area contributed by atoms with Crippen molar-refractivity contribution in [2.75, 3.05) is 18.6 Å². The second kappa shape index (κ2) is 4.33. The molecule has 0 spiro atoms. The Morgan fingerprint density at radius 1 is 1.29 bits per heavy atom. The van der Waals surface area contributed by atoms with Crippen molar-refractivity contribution in [3.05, 3.63) is 15.6 Å². The SMILES string of the molecule is CNC1(c2nc(C)c(C)s2)CCS(=O)(=O)CC1. The Morgan fingerprint density at radius 2 is 1.88 bits per heavy atom. The van der Waals surface area contributed by atoms with E-state index in [-0.39, 0.29) is 17.0 Å². The van der Waals surface area contributed by atoms with Crippen LogP contribution in [-0.4, -0.2) is 32.0 Å². The van der Waals surface area contributed by atoms with Crippen molar-refractivity contribution in [1.29, 1.82) is 0 Å². The third-order valence-corrected chi connectivity index (χ3v) is 6.53. The molecule has 1 saturated heterocycles. The highest BCUT2D eigenvalue weighted by molar-refractivity contribution is 7.91. The quantitative estimate of drug-likeness (QED) is 0.885. The lowest BCUT2D eigenvalue weighted by Crippen LogP contribution is -2.46. The fourth-order valence-corrected chi connectivity index (χ4v) is 4.83. The van der Waals surface area contributed by atoms with Crippen molar-refractivity contribution in [2.24, 2.45) is 0 Å². The zero-order chi connectivity index (χ0) is 12.7. The van der Waals surface area contributed by atoms with Gasteiger partial charge in [0.1, 0.15) is 14.8 Å². The van der Waals surface area contributed by atoms with Gasteiger partial charge in [-0.15, -0.1) is 11.3 Å². The zero-order valence-corrected chi connectivity index (χ0v) is 12.0. The molecular formula is C11H18N2O2S2. The fourth-order valence-electron chi connectivity index (χ4n) is 2.13. The van der Waals surface area contributed by atoms with Crippen LogP contribution < -0.4 is 5.32 Å². The van der Waals surface area contributed by atoms with Crippen LogP contribution in [0.3, 0.4) is 0 Å². The molecule has 0 radical (unpaired) electrons. The molecule has 0 aromatic carbocycles. The van der Waals surface area contributed by atoms with Crippen LogP contribution in [0.4, 0.5) is 0 Å². The van der Waals surface area contributed by atoms with E-state index in [1.165, 1.54) is 4.88 Å². The summed E-state index contributed by atoms with van der Waals surface area (Å²) in [6.45, 7) is 4.05. The molecule has 0 unspecified atom stereocenters. The lowest BCUT2D eigenvalue weighted by Gasteiger charge is -2.35. The molecule has 17 heavy (non-hydrogen) atoms. The molecule has 0 atom stereocenters. The summed E-state index contributed by atoms with van der Waals surface area (Å²) in [4.78, 5) is 5.80. The number of nitrogens with one attached hydrogen (secondary N) is 1. The summed E-state index contributed by atoms with van der Waals surface area (Å²) < 4.78 is 23.0. The molecule has 1 N–H and O–H groups in total. The van der Waals surface area contributed by atoms with Crippen LogP contribution in [0, 0.1) is 13.8 Å². The van der Waals surface area contributed by atoms with Crippen LogP contribution in [0.2, 0.25) is 0 Å². The molecule has 96 valence electrons. The molecule has 4 nitrogen and oxygen atoms in total. The molecule has 1 aliphatic rings. The first-order valence-electron chi connectivity index (χ1n) is 5.72. The predicted molar refractivity (Wildman–Crippen MR) is 70.2 cm³/mol. The maximum atomic E-state index is 11.5. The third kappa shape index (κ3) is 2.39. The summed E-state index contributed by atoms with van der Waals surface area (Å²) in [6.07, 6.45) is 1.25. The number of hydrogen-bond acceptors (Lipinski definition) is 5. The molecular weight excluding hydrogens is 256 g/mol. The normalized spacial score (nSPS) is 22.5. The van der Waals surface area contributed by atoms with E-state index in [0.29, 0.717) is 12.8 Å². The minimum Gasteiger partial charge on any atom is -0.308 e. The Morgan fingerprint density at radius 3 is 2.29 bits per heavy atom. The van der Waals surface area contributed by atoms with Gasteiger partial charge >= 0.3 is 0 Å². The van der Waals surface area contributed by atoms with E-state index >= 15 is 0 Å². The largest absolute Gasteiger partial charge is 0.308 e. The van der Waals surface area contributed by atoms with Crippen molar-refractivity contribution in [2.45, 2.75) is 32.2 Å². The highest BCUT2D eigenvalue weighted by atomic mass is 32.2. The molecule has 0 bridgehead atoms. The zero-order valence-electron chi connectivity index (χ0n) is 10.4. The number of thiazole rings is 1. The number of sulfone groups is 1. The van der Waals surface area contributed by atoms with Gasteiger partial charge in [-0.1, -0.05) is 0 Å². The van der Waals surface area contributed by atoms with Crippen LogP contribution in [-0.2, 0) is 15.4 Å². The van der Waals surface area contributed by atoms with E-state index in [2.05, 4.69) is 17.2 Å². The van der Waals surface area contributed by atoms with Gasteiger partial charge < -0.3 is 5.32 Å². The lowest BCUT2D eigenvalue weighted by molar-refractivity contribution is 0.323. The van der Waals surface area contributed by atoms with Crippen LogP contribution in [0.25, 0.3) is 0 Å². The third-order valence-electron chi connectivity index (χ3n) is 3.60. The van der Waals surface area contributed by atoms with Gasteiger partial charge in [0.15, 0.2) is 0 Å². The van der Waals surface area contributed by atoms with Gasteiger partial charge in [-0.2, -0.15) is 0 Å². The van der Waals surface area contributed by atoms with Crippen molar-refractivity contribution >= 4 is 21.2 Å². The Balaban J connectivity index is 2.33. The van der Waals surface area contributed by atoms with Crippen LogP contribution >= 0.6 is 11.3 Å². The van der Waals surface area contributed by atoms with Gasteiger partial charge in [-0.05, 0) is 33.7 Å². The molecule has 0 amide bonds. The Labute approximate surface area is 106 Å². The Kier molecular flexibility index (Phi) is 3.31. The first kappa shape index (κ1) is 13.0. The van der Waals surface area contributed by atoms with Crippen molar-refractivity contribution in [3.8, 4) is 0 Å². The van der Waals surface area contributed by atoms with Gasteiger partial charge in [0.05, 0.1) is 22.7 Å². The van der Waals surface area contributed by atoms with Crippen molar-refractivity contribution < 1.29 is 8.42 Å². The average Bonchev–Trinajstić information content (AvgIpc) is 2.61. The summed E-state index contributed by atoms with van der Waals surface area (Å²) in [7, 11) is -0.945. The maximum Gasteiger partial charge on any atom is 0.150 e. The van der Waals surface area contributed by atoms with Gasteiger partial charge in [0, 0.05) is 4.88 Å². The number of hydrogen-bond donors (Lipinski definition) is 1. The summed E-state index contributed by atoms with van der Waals surface area (Å²) in [5, 5.41) is 4.33. The summed E-state index contributed by atoms with van der Waals surface area (Å²) in [6, 6.07) is 0. The summed E-state index contributed by atoms with van der Waals surface area (Å²) in [5.41, 5.74) is 0.808. The topological polar surface area (TPSA) is 59.1 Å².